The molecular weight excluding hydrogens is 257 g/mol. The second-order valence-electron chi connectivity index (χ2n) is 4.46. The van der Waals surface area contributed by atoms with E-state index in [1.807, 2.05) is 0 Å². The lowest BCUT2D eigenvalue weighted by Crippen LogP contribution is -2.33. The summed E-state index contributed by atoms with van der Waals surface area (Å²) in [6, 6.07) is 3.97. The molecule has 0 radical (unpaired) electrons. The van der Waals surface area contributed by atoms with Crippen molar-refractivity contribution < 1.29 is 17.6 Å². The van der Waals surface area contributed by atoms with E-state index >= 15 is 0 Å². The summed E-state index contributed by atoms with van der Waals surface area (Å²) in [5.74, 6) is -0.380. The maximum Gasteiger partial charge on any atom is 0.152 e. The molecule has 0 aromatic heterocycles. The van der Waals surface area contributed by atoms with Crippen molar-refractivity contribution in [3.05, 3.63) is 29.6 Å². The largest absolute Gasteiger partial charge is 0.368 e. The Morgan fingerprint density at radius 3 is 2.72 bits per heavy atom. The molecule has 1 fully saturated rings. The van der Waals surface area contributed by atoms with Crippen LogP contribution in [0.3, 0.4) is 0 Å². The fourth-order valence-electron chi connectivity index (χ4n) is 2.26. The van der Waals surface area contributed by atoms with E-state index in [-0.39, 0.29) is 28.8 Å². The minimum Gasteiger partial charge on any atom is -0.368 e. The molecule has 6 heteroatoms. The number of hydrogen-bond acceptors (Lipinski definition) is 4. The number of anilines is 1. The Morgan fingerprint density at radius 1 is 1.44 bits per heavy atom. The Hall–Kier alpha value is -1.43. The van der Waals surface area contributed by atoms with Crippen LogP contribution in [0.5, 0.6) is 0 Å². The maximum absolute atomic E-state index is 13.8. The Morgan fingerprint density at radius 2 is 2.17 bits per heavy atom. The molecule has 0 N–H and O–H groups in total. The number of carbonyl (C=O) groups excluding carboxylic acids is 1. The van der Waals surface area contributed by atoms with Gasteiger partial charge in [0.15, 0.2) is 16.1 Å². The first-order chi connectivity index (χ1) is 8.44. The summed E-state index contributed by atoms with van der Waals surface area (Å²) >= 11 is 0. The van der Waals surface area contributed by atoms with Crippen LogP contribution in [-0.2, 0) is 9.84 Å². The van der Waals surface area contributed by atoms with Crippen LogP contribution in [0.15, 0.2) is 18.2 Å². The Bertz CT molecular complexity index is 571. The van der Waals surface area contributed by atoms with Crippen LogP contribution in [0.1, 0.15) is 16.8 Å². The summed E-state index contributed by atoms with van der Waals surface area (Å²) in [6.45, 7) is 0. The van der Waals surface area contributed by atoms with Crippen LogP contribution < -0.4 is 4.90 Å². The first-order valence-electron chi connectivity index (χ1n) is 5.61. The van der Waals surface area contributed by atoms with E-state index in [0.29, 0.717) is 12.7 Å². The van der Waals surface area contributed by atoms with Crippen LogP contribution in [0.25, 0.3) is 0 Å². The normalized spacial score (nSPS) is 21.8. The molecule has 0 saturated carbocycles. The molecule has 98 valence electrons. The molecule has 1 unspecified atom stereocenters. The second-order valence-corrected chi connectivity index (χ2v) is 6.69. The lowest BCUT2D eigenvalue weighted by molar-refractivity contribution is 0.112. The van der Waals surface area contributed by atoms with Crippen molar-refractivity contribution >= 4 is 21.8 Å². The number of para-hydroxylation sites is 1. The van der Waals surface area contributed by atoms with Gasteiger partial charge < -0.3 is 4.90 Å². The molecule has 0 bridgehead atoms. The molecule has 0 aliphatic carbocycles. The monoisotopic (exact) mass is 271 g/mol. The van der Waals surface area contributed by atoms with E-state index < -0.39 is 15.7 Å². The predicted octanol–water partition coefficient (Wildman–Crippen LogP) is 1.26. The third-order valence-electron chi connectivity index (χ3n) is 3.25. The number of hydrogen-bond donors (Lipinski definition) is 0. The van der Waals surface area contributed by atoms with Crippen LogP contribution in [0.4, 0.5) is 10.1 Å². The number of halogens is 1. The smallest absolute Gasteiger partial charge is 0.152 e. The highest BCUT2D eigenvalue weighted by Crippen LogP contribution is 2.27. The number of nitrogens with zero attached hydrogens (tertiary/aromatic N) is 1. The van der Waals surface area contributed by atoms with Gasteiger partial charge in [-0.05, 0) is 18.6 Å². The van der Waals surface area contributed by atoms with E-state index in [0.717, 1.165) is 0 Å². The highest BCUT2D eigenvalue weighted by Gasteiger charge is 2.32. The molecule has 1 aliphatic heterocycles. The molecule has 1 heterocycles. The van der Waals surface area contributed by atoms with Gasteiger partial charge in [0.25, 0.3) is 0 Å². The zero-order valence-electron chi connectivity index (χ0n) is 9.97. The van der Waals surface area contributed by atoms with E-state index in [1.165, 1.54) is 18.2 Å². The van der Waals surface area contributed by atoms with Crippen molar-refractivity contribution in [3.8, 4) is 0 Å². The predicted molar refractivity (Wildman–Crippen MR) is 67.2 cm³/mol. The zero-order valence-corrected chi connectivity index (χ0v) is 10.8. The van der Waals surface area contributed by atoms with Gasteiger partial charge in [0.05, 0.1) is 17.2 Å². The molecule has 0 spiro atoms. The fourth-order valence-corrected chi connectivity index (χ4v) is 4.04. The van der Waals surface area contributed by atoms with Gasteiger partial charge in [-0.3, -0.25) is 4.79 Å². The maximum atomic E-state index is 13.8. The van der Waals surface area contributed by atoms with E-state index in [2.05, 4.69) is 0 Å². The highest BCUT2D eigenvalue weighted by molar-refractivity contribution is 7.91. The number of carbonyl (C=O) groups is 1. The average Bonchev–Trinajstić information content (AvgIpc) is 2.68. The Balaban J connectivity index is 2.35. The molecule has 4 nitrogen and oxygen atoms in total. The van der Waals surface area contributed by atoms with Crippen molar-refractivity contribution in [2.45, 2.75) is 12.5 Å². The lowest BCUT2D eigenvalue weighted by Gasteiger charge is -2.27. The van der Waals surface area contributed by atoms with Crippen molar-refractivity contribution in [1.82, 2.24) is 0 Å². The average molecular weight is 271 g/mol. The first kappa shape index (κ1) is 13.0. The number of benzene rings is 1. The molecule has 1 aromatic rings. The minimum atomic E-state index is -3.03. The summed E-state index contributed by atoms with van der Waals surface area (Å²) in [4.78, 5) is 12.5. The third kappa shape index (κ3) is 2.38. The van der Waals surface area contributed by atoms with Crippen LogP contribution in [0.2, 0.25) is 0 Å². The van der Waals surface area contributed by atoms with Crippen molar-refractivity contribution in [3.63, 3.8) is 0 Å². The van der Waals surface area contributed by atoms with Crippen LogP contribution in [0, 0.1) is 5.82 Å². The standard InChI is InChI=1S/C12H14FNO3S/c1-14(10-5-6-18(16,17)8-10)12-9(7-15)3-2-4-11(12)13/h2-4,7,10H,5-6,8H2,1H3. The van der Waals surface area contributed by atoms with Crippen molar-refractivity contribution in [1.29, 1.82) is 0 Å². The Labute approximate surface area is 105 Å². The Kier molecular flexibility index (Phi) is 3.38. The van der Waals surface area contributed by atoms with Crippen molar-refractivity contribution in [2.75, 3.05) is 23.5 Å². The van der Waals surface area contributed by atoms with Gasteiger partial charge in [0.1, 0.15) is 5.82 Å². The number of aldehydes is 1. The topological polar surface area (TPSA) is 54.5 Å². The summed E-state index contributed by atoms with van der Waals surface area (Å²) in [5.41, 5.74) is 0.413. The van der Waals surface area contributed by atoms with E-state index in [1.54, 1.807) is 11.9 Å². The van der Waals surface area contributed by atoms with Gasteiger partial charge in [-0.1, -0.05) is 6.07 Å². The van der Waals surface area contributed by atoms with Crippen LogP contribution >= 0.6 is 0 Å². The first-order valence-corrected chi connectivity index (χ1v) is 7.43. The summed E-state index contributed by atoms with van der Waals surface area (Å²) < 4.78 is 36.6. The molecule has 1 saturated heterocycles. The third-order valence-corrected chi connectivity index (χ3v) is 5.00. The molecule has 18 heavy (non-hydrogen) atoms. The highest BCUT2D eigenvalue weighted by atomic mass is 32.2. The van der Waals surface area contributed by atoms with E-state index in [4.69, 9.17) is 0 Å². The zero-order chi connectivity index (χ0) is 13.3. The molecule has 1 aromatic carbocycles. The number of rotatable bonds is 3. The molecule has 1 aliphatic rings. The molecule has 1 atom stereocenters. The number of sulfone groups is 1. The van der Waals surface area contributed by atoms with Crippen molar-refractivity contribution in [2.24, 2.45) is 0 Å². The summed E-state index contributed by atoms with van der Waals surface area (Å²) in [5, 5.41) is 0. The van der Waals surface area contributed by atoms with Gasteiger partial charge in [-0.25, -0.2) is 12.8 Å². The van der Waals surface area contributed by atoms with Gasteiger partial charge in [-0.2, -0.15) is 0 Å². The summed E-state index contributed by atoms with van der Waals surface area (Å²) in [7, 11) is -1.41. The van der Waals surface area contributed by atoms with Gasteiger partial charge >= 0.3 is 0 Å². The lowest BCUT2D eigenvalue weighted by atomic mass is 10.1. The quantitative estimate of drug-likeness (QED) is 0.777. The van der Waals surface area contributed by atoms with E-state index in [9.17, 15) is 17.6 Å². The summed E-state index contributed by atoms with van der Waals surface area (Å²) in [6.07, 6.45) is 1.05. The minimum absolute atomic E-state index is 0.0101. The molecule has 0 amide bonds. The van der Waals surface area contributed by atoms with Gasteiger partial charge in [-0.15, -0.1) is 0 Å². The second kappa shape index (κ2) is 4.68. The SMILES string of the molecule is CN(c1c(F)cccc1C=O)C1CCS(=O)(=O)C1. The van der Waals surface area contributed by atoms with Crippen LogP contribution in [-0.4, -0.2) is 39.3 Å². The van der Waals surface area contributed by atoms with Gasteiger partial charge in [0, 0.05) is 18.7 Å². The van der Waals surface area contributed by atoms with Gasteiger partial charge in [0.2, 0.25) is 0 Å². The molecular formula is C12H14FNO3S. The fraction of sp³-hybridized carbons (Fsp3) is 0.417. The molecule has 2 rings (SSSR count).